The van der Waals surface area contributed by atoms with E-state index in [2.05, 4.69) is 25.6 Å². The highest BCUT2D eigenvalue weighted by atomic mass is 35.5. The van der Waals surface area contributed by atoms with Crippen molar-refractivity contribution < 1.29 is 4.79 Å². The average molecular weight is 294 g/mol. The molecule has 0 fully saturated rings. The molecule has 0 aliphatic carbocycles. The summed E-state index contributed by atoms with van der Waals surface area (Å²) in [6.45, 7) is 3.19. The van der Waals surface area contributed by atoms with Gasteiger partial charge in [0.2, 0.25) is 0 Å². The van der Waals surface area contributed by atoms with Crippen molar-refractivity contribution in [2.75, 3.05) is 18.4 Å². The van der Waals surface area contributed by atoms with Crippen molar-refractivity contribution in [1.29, 1.82) is 0 Å². The molecule has 2 aromatic heterocycles. The number of aromatic amines is 1. The molecule has 0 aromatic carbocycles. The van der Waals surface area contributed by atoms with Gasteiger partial charge < -0.3 is 15.6 Å². The SMILES string of the molecule is CCNc1cc(C(=O)NCCc2cnc[nH]2)cc(Cl)n1. The molecule has 2 aromatic rings. The fraction of sp³-hybridized carbons (Fsp3) is 0.308. The Morgan fingerprint density at radius 1 is 1.45 bits per heavy atom. The number of pyridine rings is 1. The summed E-state index contributed by atoms with van der Waals surface area (Å²) >= 11 is 5.90. The molecule has 0 unspecified atom stereocenters. The van der Waals surface area contributed by atoms with E-state index in [1.54, 1.807) is 24.7 Å². The lowest BCUT2D eigenvalue weighted by atomic mass is 10.2. The third kappa shape index (κ3) is 3.96. The van der Waals surface area contributed by atoms with Crippen LogP contribution < -0.4 is 10.6 Å². The van der Waals surface area contributed by atoms with Gasteiger partial charge in [-0.15, -0.1) is 0 Å². The van der Waals surface area contributed by atoms with E-state index < -0.39 is 0 Å². The standard InChI is InChI=1S/C13H16ClN5O/c1-2-16-12-6-9(5-11(14)19-12)13(20)17-4-3-10-7-15-8-18-10/h5-8H,2-4H2,1H3,(H,15,18)(H,16,19)(H,17,20). The van der Waals surface area contributed by atoms with Gasteiger partial charge in [0.1, 0.15) is 11.0 Å². The van der Waals surface area contributed by atoms with Gasteiger partial charge in [-0.1, -0.05) is 11.6 Å². The smallest absolute Gasteiger partial charge is 0.251 e. The number of H-pyrrole nitrogens is 1. The predicted octanol–water partition coefficient (Wildman–Crippen LogP) is 1.86. The second kappa shape index (κ2) is 6.91. The molecule has 6 nitrogen and oxygen atoms in total. The van der Waals surface area contributed by atoms with E-state index in [4.69, 9.17) is 11.6 Å². The van der Waals surface area contributed by atoms with Crippen LogP contribution in [0.25, 0.3) is 0 Å². The number of hydrogen-bond donors (Lipinski definition) is 3. The Morgan fingerprint density at radius 3 is 3.00 bits per heavy atom. The molecule has 0 radical (unpaired) electrons. The van der Waals surface area contributed by atoms with E-state index in [1.165, 1.54) is 0 Å². The first kappa shape index (κ1) is 14.3. The summed E-state index contributed by atoms with van der Waals surface area (Å²) in [6, 6.07) is 3.23. The first-order chi connectivity index (χ1) is 9.69. The van der Waals surface area contributed by atoms with Crippen molar-refractivity contribution in [1.82, 2.24) is 20.3 Å². The number of anilines is 1. The normalized spacial score (nSPS) is 10.3. The van der Waals surface area contributed by atoms with Crippen molar-refractivity contribution >= 4 is 23.3 Å². The predicted molar refractivity (Wildman–Crippen MR) is 78.0 cm³/mol. The number of imidazole rings is 1. The van der Waals surface area contributed by atoms with E-state index in [0.717, 1.165) is 5.69 Å². The summed E-state index contributed by atoms with van der Waals surface area (Å²) in [5.41, 5.74) is 1.47. The lowest BCUT2D eigenvalue weighted by molar-refractivity contribution is 0.0954. The Balaban J connectivity index is 1.94. The molecule has 0 aliphatic rings. The van der Waals surface area contributed by atoms with Gasteiger partial charge in [-0.3, -0.25) is 4.79 Å². The summed E-state index contributed by atoms with van der Waals surface area (Å²) in [4.78, 5) is 23.0. The monoisotopic (exact) mass is 293 g/mol. The molecule has 1 amide bonds. The summed E-state index contributed by atoms with van der Waals surface area (Å²) in [7, 11) is 0. The van der Waals surface area contributed by atoms with Crippen molar-refractivity contribution in [3.63, 3.8) is 0 Å². The summed E-state index contributed by atoms with van der Waals surface area (Å²) < 4.78 is 0. The largest absolute Gasteiger partial charge is 0.370 e. The minimum absolute atomic E-state index is 0.173. The molecule has 0 spiro atoms. The maximum atomic E-state index is 12.0. The van der Waals surface area contributed by atoms with Crippen LogP contribution in [0.1, 0.15) is 23.0 Å². The number of halogens is 1. The van der Waals surface area contributed by atoms with E-state index >= 15 is 0 Å². The van der Waals surface area contributed by atoms with Crippen LogP contribution in [0.4, 0.5) is 5.82 Å². The molecule has 106 valence electrons. The van der Waals surface area contributed by atoms with Crippen LogP contribution in [0.3, 0.4) is 0 Å². The van der Waals surface area contributed by atoms with Crippen LogP contribution in [-0.2, 0) is 6.42 Å². The lowest BCUT2D eigenvalue weighted by Gasteiger charge is -2.07. The molecule has 0 aliphatic heterocycles. The Morgan fingerprint density at radius 2 is 2.30 bits per heavy atom. The second-order valence-corrected chi connectivity index (χ2v) is 4.56. The topological polar surface area (TPSA) is 82.7 Å². The number of carbonyl (C=O) groups excluding carboxylic acids is 1. The van der Waals surface area contributed by atoms with Crippen molar-refractivity contribution in [2.45, 2.75) is 13.3 Å². The number of amides is 1. The molecular weight excluding hydrogens is 278 g/mol. The number of aromatic nitrogens is 3. The summed E-state index contributed by atoms with van der Waals surface area (Å²) in [6.07, 6.45) is 4.05. The zero-order valence-corrected chi connectivity index (χ0v) is 11.9. The maximum absolute atomic E-state index is 12.0. The van der Waals surface area contributed by atoms with Gasteiger partial charge in [-0.05, 0) is 19.1 Å². The van der Waals surface area contributed by atoms with Gasteiger partial charge in [0.25, 0.3) is 5.91 Å². The van der Waals surface area contributed by atoms with Crippen molar-refractivity contribution in [3.05, 3.63) is 41.1 Å². The quantitative estimate of drug-likeness (QED) is 0.710. The maximum Gasteiger partial charge on any atom is 0.251 e. The number of nitrogens with one attached hydrogen (secondary N) is 3. The number of carbonyl (C=O) groups is 1. The molecule has 0 bridgehead atoms. The Bertz CT molecular complexity index is 570. The number of nitrogens with zero attached hydrogens (tertiary/aromatic N) is 2. The van der Waals surface area contributed by atoms with E-state index in [-0.39, 0.29) is 5.91 Å². The van der Waals surface area contributed by atoms with Crippen molar-refractivity contribution in [3.8, 4) is 0 Å². The first-order valence-electron chi connectivity index (χ1n) is 6.36. The van der Waals surface area contributed by atoms with E-state index in [0.29, 0.717) is 36.0 Å². The zero-order chi connectivity index (χ0) is 14.4. The van der Waals surface area contributed by atoms with Gasteiger partial charge >= 0.3 is 0 Å². The molecule has 7 heteroatoms. The van der Waals surface area contributed by atoms with Gasteiger partial charge in [0.05, 0.1) is 6.33 Å². The van der Waals surface area contributed by atoms with E-state index in [1.807, 2.05) is 6.92 Å². The fourth-order valence-electron chi connectivity index (χ4n) is 1.73. The Labute approximate surface area is 122 Å². The van der Waals surface area contributed by atoms with Crippen LogP contribution in [0.5, 0.6) is 0 Å². The minimum Gasteiger partial charge on any atom is -0.370 e. The van der Waals surface area contributed by atoms with Crippen LogP contribution in [0.15, 0.2) is 24.7 Å². The van der Waals surface area contributed by atoms with Gasteiger partial charge in [0, 0.05) is 37.0 Å². The molecule has 2 heterocycles. The Kier molecular flexibility index (Phi) is 4.95. The van der Waals surface area contributed by atoms with Gasteiger partial charge in [-0.25, -0.2) is 9.97 Å². The van der Waals surface area contributed by atoms with Gasteiger partial charge in [-0.2, -0.15) is 0 Å². The highest BCUT2D eigenvalue weighted by molar-refractivity contribution is 6.29. The molecule has 2 rings (SSSR count). The molecule has 3 N–H and O–H groups in total. The van der Waals surface area contributed by atoms with Crippen LogP contribution in [0.2, 0.25) is 5.15 Å². The van der Waals surface area contributed by atoms with E-state index in [9.17, 15) is 4.79 Å². The number of rotatable bonds is 6. The zero-order valence-electron chi connectivity index (χ0n) is 11.1. The minimum atomic E-state index is -0.173. The highest BCUT2D eigenvalue weighted by Gasteiger charge is 2.08. The summed E-state index contributed by atoms with van der Waals surface area (Å²) in [5, 5.41) is 6.16. The first-order valence-corrected chi connectivity index (χ1v) is 6.73. The highest BCUT2D eigenvalue weighted by Crippen LogP contribution is 2.14. The Hall–Kier alpha value is -2.08. The summed E-state index contributed by atoms with van der Waals surface area (Å²) in [5.74, 6) is 0.423. The number of hydrogen-bond acceptors (Lipinski definition) is 4. The second-order valence-electron chi connectivity index (χ2n) is 4.18. The van der Waals surface area contributed by atoms with Crippen LogP contribution in [-0.4, -0.2) is 33.9 Å². The third-order valence-electron chi connectivity index (χ3n) is 2.65. The van der Waals surface area contributed by atoms with Gasteiger partial charge in [0.15, 0.2) is 0 Å². The average Bonchev–Trinajstić information content (AvgIpc) is 2.91. The molecule has 0 atom stereocenters. The van der Waals surface area contributed by atoms with Crippen LogP contribution >= 0.6 is 11.6 Å². The fourth-order valence-corrected chi connectivity index (χ4v) is 1.94. The van der Waals surface area contributed by atoms with Crippen LogP contribution in [0, 0.1) is 0 Å². The molecule has 20 heavy (non-hydrogen) atoms. The third-order valence-corrected chi connectivity index (χ3v) is 2.84. The molecule has 0 saturated carbocycles. The van der Waals surface area contributed by atoms with Crippen molar-refractivity contribution in [2.24, 2.45) is 0 Å². The lowest BCUT2D eigenvalue weighted by Crippen LogP contribution is -2.26. The molecule has 0 saturated heterocycles. The molecular formula is C13H16ClN5O.